The van der Waals surface area contributed by atoms with Crippen LogP contribution in [0.15, 0.2) is 11.1 Å². The number of carbonyl (C=O) groups excluding carboxylic acids is 1. The van der Waals surface area contributed by atoms with Gasteiger partial charge in [-0.25, -0.2) is 4.79 Å². The number of ether oxygens (including phenoxy) is 1. The highest BCUT2D eigenvalue weighted by molar-refractivity contribution is 8.02. The third kappa shape index (κ3) is 11.6. The molecule has 0 aliphatic carbocycles. The molecule has 0 saturated heterocycles. The van der Waals surface area contributed by atoms with E-state index < -0.39 is 0 Å². The van der Waals surface area contributed by atoms with Crippen LogP contribution in [0.25, 0.3) is 0 Å². The van der Waals surface area contributed by atoms with Crippen molar-refractivity contribution in [2.24, 2.45) is 5.73 Å². The molecule has 0 aliphatic rings. The maximum absolute atomic E-state index is 11.3. The maximum atomic E-state index is 11.3. The van der Waals surface area contributed by atoms with Crippen LogP contribution < -0.4 is 5.73 Å². The van der Waals surface area contributed by atoms with Gasteiger partial charge in [0.25, 0.3) is 0 Å². The van der Waals surface area contributed by atoms with E-state index in [-0.39, 0.29) is 5.97 Å². The normalized spacial score (nSPS) is 11.5. The summed E-state index contributed by atoms with van der Waals surface area (Å²) in [5, 5.41) is 0.528. The Morgan fingerprint density at radius 2 is 1.82 bits per heavy atom. The fourth-order valence-electron chi connectivity index (χ4n) is 1.42. The van der Waals surface area contributed by atoms with Gasteiger partial charge in [-0.2, -0.15) is 0 Å². The first kappa shape index (κ1) is 16.4. The minimum absolute atomic E-state index is 0.322. The fraction of sp³-hybridized carbons (Fsp3) is 0.769. The number of esters is 1. The molecule has 2 N–H and O–H groups in total. The molecule has 0 fully saturated rings. The van der Waals surface area contributed by atoms with E-state index in [0.717, 1.165) is 18.6 Å². The van der Waals surface area contributed by atoms with E-state index in [4.69, 9.17) is 10.5 Å². The Bertz CT molecular complexity index is 229. The number of hydrogen-bond acceptors (Lipinski definition) is 4. The van der Waals surface area contributed by atoms with E-state index in [1.54, 1.807) is 0 Å². The average molecular weight is 259 g/mol. The maximum Gasteiger partial charge on any atom is 0.333 e. The van der Waals surface area contributed by atoms with Crippen LogP contribution in [0.4, 0.5) is 0 Å². The second kappa shape index (κ2) is 11.8. The monoisotopic (exact) mass is 259 g/mol. The molecule has 0 aliphatic heterocycles. The largest absolute Gasteiger partial charge is 0.462 e. The molecule has 0 rings (SSSR count). The molecule has 4 heteroatoms. The number of carbonyl (C=O) groups is 1. The van der Waals surface area contributed by atoms with Crippen LogP contribution in [0, 0.1) is 0 Å². The van der Waals surface area contributed by atoms with Crippen LogP contribution in [0.5, 0.6) is 0 Å². The summed E-state index contributed by atoms with van der Waals surface area (Å²) in [6.45, 7) is 4.70. The molecule has 100 valence electrons. The number of nitrogens with two attached hydrogens (primary N) is 1. The number of unbranched alkanes of at least 4 members (excludes halogenated alkanes) is 5. The molecule has 0 aromatic heterocycles. The fourth-order valence-corrected chi connectivity index (χ4v) is 1.93. The number of hydrogen-bond donors (Lipinski definition) is 1. The van der Waals surface area contributed by atoms with E-state index in [2.05, 4.69) is 6.92 Å². The van der Waals surface area contributed by atoms with E-state index in [1.807, 2.05) is 6.92 Å². The Hall–Kier alpha value is -0.640. The predicted molar refractivity (Wildman–Crippen MR) is 74.7 cm³/mol. The van der Waals surface area contributed by atoms with Gasteiger partial charge < -0.3 is 10.5 Å². The predicted octanol–water partition coefficient (Wildman–Crippen LogP) is 3.44. The lowest BCUT2D eigenvalue weighted by atomic mass is 10.1. The van der Waals surface area contributed by atoms with Crippen molar-refractivity contribution in [1.29, 1.82) is 0 Å². The molecule has 0 bridgehead atoms. The molecule has 0 saturated carbocycles. The SMILES string of the molecule is CCCCCCCCOC(=O)/C=C(/N)SCC. The summed E-state index contributed by atoms with van der Waals surface area (Å²) in [6.07, 6.45) is 8.52. The lowest BCUT2D eigenvalue weighted by molar-refractivity contribution is -0.137. The van der Waals surface area contributed by atoms with Crippen LogP contribution in [-0.4, -0.2) is 18.3 Å². The summed E-state index contributed by atoms with van der Waals surface area (Å²) in [6, 6.07) is 0. The zero-order valence-corrected chi connectivity index (χ0v) is 11.9. The second-order valence-corrected chi connectivity index (χ2v) is 5.25. The van der Waals surface area contributed by atoms with Crippen molar-refractivity contribution >= 4 is 17.7 Å². The standard InChI is InChI=1S/C13H25NO2S/c1-3-5-6-7-8-9-10-16-13(15)11-12(14)17-4-2/h11H,3-10,14H2,1-2H3/b12-11-. The highest BCUT2D eigenvalue weighted by atomic mass is 32.2. The third-order valence-corrected chi connectivity index (χ3v) is 3.05. The van der Waals surface area contributed by atoms with Crippen molar-refractivity contribution in [3.63, 3.8) is 0 Å². The smallest absolute Gasteiger partial charge is 0.333 e. The van der Waals surface area contributed by atoms with E-state index in [0.29, 0.717) is 11.6 Å². The Morgan fingerprint density at radius 1 is 1.18 bits per heavy atom. The van der Waals surface area contributed by atoms with Gasteiger partial charge in [0.2, 0.25) is 0 Å². The summed E-state index contributed by atoms with van der Waals surface area (Å²) in [5.41, 5.74) is 5.59. The Morgan fingerprint density at radius 3 is 2.47 bits per heavy atom. The summed E-state index contributed by atoms with van der Waals surface area (Å²) in [7, 11) is 0. The Balaban J connectivity index is 3.42. The van der Waals surface area contributed by atoms with Crippen molar-refractivity contribution in [2.75, 3.05) is 12.4 Å². The molecule has 0 aromatic carbocycles. The minimum Gasteiger partial charge on any atom is -0.462 e. The van der Waals surface area contributed by atoms with Gasteiger partial charge in [0.05, 0.1) is 17.7 Å². The van der Waals surface area contributed by atoms with Crippen molar-refractivity contribution in [1.82, 2.24) is 0 Å². The zero-order chi connectivity index (χ0) is 12.9. The van der Waals surface area contributed by atoms with Gasteiger partial charge in [-0.15, -0.1) is 11.8 Å². The van der Waals surface area contributed by atoms with Gasteiger partial charge in [-0.05, 0) is 12.2 Å². The third-order valence-electron chi connectivity index (χ3n) is 2.31. The summed E-state index contributed by atoms with van der Waals surface area (Å²) < 4.78 is 5.06. The first-order valence-corrected chi connectivity index (χ1v) is 7.46. The van der Waals surface area contributed by atoms with Gasteiger partial charge in [-0.3, -0.25) is 0 Å². The average Bonchev–Trinajstić information content (AvgIpc) is 2.28. The molecule has 0 spiro atoms. The summed E-state index contributed by atoms with van der Waals surface area (Å²) >= 11 is 1.45. The minimum atomic E-state index is -0.322. The van der Waals surface area contributed by atoms with Gasteiger partial charge >= 0.3 is 5.97 Å². The molecule has 0 unspecified atom stereocenters. The van der Waals surface area contributed by atoms with Crippen LogP contribution in [0.2, 0.25) is 0 Å². The van der Waals surface area contributed by atoms with Gasteiger partial charge in [0.15, 0.2) is 0 Å². The molecular formula is C13H25NO2S. The Labute approximate surface area is 109 Å². The van der Waals surface area contributed by atoms with Crippen molar-refractivity contribution < 1.29 is 9.53 Å². The van der Waals surface area contributed by atoms with Crippen LogP contribution in [0.1, 0.15) is 52.4 Å². The second-order valence-electron chi connectivity index (χ2n) is 3.91. The van der Waals surface area contributed by atoms with E-state index >= 15 is 0 Å². The van der Waals surface area contributed by atoms with E-state index in [9.17, 15) is 4.79 Å². The topological polar surface area (TPSA) is 52.3 Å². The summed E-state index contributed by atoms with van der Waals surface area (Å²) in [4.78, 5) is 11.3. The van der Waals surface area contributed by atoms with Crippen molar-refractivity contribution in [2.45, 2.75) is 52.4 Å². The molecular weight excluding hydrogens is 234 g/mol. The highest BCUT2D eigenvalue weighted by Crippen LogP contribution is 2.08. The first-order chi connectivity index (χ1) is 8.20. The lowest BCUT2D eigenvalue weighted by Gasteiger charge is -2.03. The summed E-state index contributed by atoms with van der Waals surface area (Å²) in [5.74, 6) is 0.546. The van der Waals surface area contributed by atoms with Crippen LogP contribution >= 0.6 is 11.8 Å². The highest BCUT2D eigenvalue weighted by Gasteiger charge is 2.00. The first-order valence-electron chi connectivity index (χ1n) is 6.47. The molecule has 0 amide bonds. The quantitative estimate of drug-likeness (QED) is 0.371. The molecule has 0 heterocycles. The van der Waals surface area contributed by atoms with Gasteiger partial charge in [0, 0.05) is 0 Å². The molecule has 3 nitrogen and oxygen atoms in total. The zero-order valence-electron chi connectivity index (χ0n) is 11.0. The number of thioether (sulfide) groups is 1. The van der Waals surface area contributed by atoms with Gasteiger partial charge in [-0.1, -0.05) is 46.0 Å². The number of rotatable bonds is 10. The lowest BCUT2D eigenvalue weighted by Crippen LogP contribution is -2.05. The molecule has 0 aromatic rings. The Kier molecular flexibility index (Phi) is 11.4. The van der Waals surface area contributed by atoms with Crippen LogP contribution in [0.3, 0.4) is 0 Å². The van der Waals surface area contributed by atoms with Crippen LogP contribution in [-0.2, 0) is 9.53 Å². The van der Waals surface area contributed by atoms with E-state index in [1.165, 1.54) is 43.5 Å². The molecule has 0 atom stereocenters. The van der Waals surface area contributed by atoms with Gasteiger partial charge in [0.1, 0.15) is 0 Å². The van der Waals surface area contributed by atoms with Crippen molar-refractivity contribution in [3.8, 4) is 0 Å². The van der Waals surface area contributed by atoms with Crippen molar-refractivity contribution in [3.05, 3.63) is 11.1 Å². The molecule has 0 radical (unpaired) electrons. The molecule has 17 heavy (non-hydrogen) atoms.